The number of hydrogen-bond acceptors (Lipinski definition) is 2. The van der Waals surface area contributed by atoms with Crippen molar-refractivity contribution in [1.29, 1.82) is 0 Å². The summed E-state index contributed by atoms with van der Waals surface area (Å²) in [6.45, 7) is 2.05. The van der Waals surface area contributed by atoms with Crippen LogP contribution in [-0.4, -0.2) is 9.97 Å². The van der Waals surface area contributed by atoms with Gasteiger partial charge in [0, 0.05) is 43.9 Å². The Morgan fingerprint density at radius 2 is 1.48 bits per heavy atom. The third kappa shape index (κ3) is 6.52. The van der Waals surface area contributed by atoms with Gasteiger partial charge in [-0.2, -0.15) is 0 Å². The van der Waals surface area contributed by atoms with E-state index in [2.05, 4.69) is 41.2 Å². The zero-order valence-electron chi connectivity index (χ0n) is 18.0. The van der Waals surface area contributed by atoms with Crippen molar-refractivity contribution in [2.75, 3.05) is 0 Å². The number of rotatable bonds is 3. The Morgan fingerprint density at radius 3 is 2.12 bits per heavy atom. The van der Waals surface area contributed by atoms with E-state index in [-0.39, 0.29) is 25.9 Å². The Balaban J connectivity index is 0.000000202. The third-order valence-electron chi connectivity index (χ3n) is 4.90. The zero-order valence-corrected chi connectivity index (χ0v) is 20.4. The summed E-state index contributed by atoms with van der Waals surface area (Å²) in [4.78, 5) is 8.68. The first-order valence-corrected chi connectivity index (χ1v) is 10.3. The molecule has 2 nitrogen and oxygen atoms in total. The van der Waals surface area contributed by atoms with E-state index < -0.39 is 0 Å². The Labute approximate surface area is 207 Å². The molecule has 5 rings (SSSR count). The van der Waals surface area contributed by atoms with E-state index in [0.29, 0.717) is 0 Å². The van der Waals surface area contributed by atoms with Gasteiger partial charge in [0.1, 0.15) is 0 Å². The van der Waals surface area contributed by atoms with Crippen molar-refractivity contribution in [3.05, 3.63) is 133 Å². The summed E-state index contributed by atoms with van der Waals surface area (Å²) in [6.07, 6.45) is 3.65. The first-order chi connectivity index (χ1) is 15.7. The number of halogens is 1. The predicted octanol–water partition coefficient (Wildman–Crippen LogP) is 7.21. The van der Waals surface area contributed by atoms with E-state index in [4.69, 9.17) is 0 Å². The predicted molar refractivity (Wildman–Crippen MR) is 127 cm³/mol. The van der Waals surface area contributed by atoms with Crippen molar-refractivity contribution in [3.8, 4) is 33.6 Å². The summed E-state index contributed by atoms with van der Waals surface area (Å²) in [5.74, 6) is -0.286. The van der Waals surface area contributed by atoms with Crippen LogP contribution >= 0.6 is 0 Å². The van der Waals surface area contributed by atoms with Gasteiger partial charge < -0.3 is 9.97 Å². The van der Waals surface area contributed by atoms with E-state index in [1.807, 2.05) is 72.9 Å². The van der Waals surface area contributed by atoms with Crippen LogP contribution in [0.2, 0.25) is 0 Å². The van der Waals surface area contributed by atoms with Gasteiger partial charge in [0.25, 0.3) is 0 Å². The Morgan fingerprint density at radius 1 is 0.727 bits per heavy atom. The van der Waals surface area contributed by atoms with E-state index in [1.165, 1.54) is 12.1 Å². The molecular weight excluding hydrogens is 588 g/mol. The molecule has 0 aliphatic carbocycles. The summed E-state index contributed by atoms with van der Waals surface area (Å²) in [7, 11) is 0. The van der Waals surface area contributed by atoms with Crippen molar-refractivity contribution in [2.45, 2.75) is 6.92 Å². The second kappa shape index (κ2) is 12.0. The molecule has 0 bridgehead atoms. The Kier molecular flexibility index (Phi) is 8.77. The summed E-state index contributed by atoms with van der Waals surface area (Å²) in [5, 5.41) is 0. The van der Waals surface area contributed by atoms with Crippen LogP contribution in [0.1, 0.15) is 5.56 Å². The number of hydrogen-bond donors (Lipinski definition) is 0. The Bertz CT molecular complexity index is 1220. The van der Waals surface area contributed by atoms with E-state index in [0.717, 1.165) is 39.2 Å². The minimum Gasteiger partial charge on any atom is -0.305 e. The van der Waals surface area contributed by atoms with Crippen LogP contribution in [0.25, 0.3) is 33.6 Å². The van der Waals surface area contributed by atoms with Crippen LogP contribution in [0.5, 0.6) is 0 Å². The minimum atomic E-state index is -0.286. The molecule has 0 fully saturated rings. The molecule has 0 aliphatic heterocycles. The molecule has 2 heterocycles. The second-order valence-electron chi connectivity index (χ2n) is 7.16. The molecule has 0 saturated carbocycles. The number of aromatic nitrogens is 2. The van der Waals surface area contributed by atoms with Gasteiger partial charge in [-0.25, -0.2) is 0 Å². The summed E-state index contributed by atoms with van der Waals surface area (Å²) >= 11 is 0. The number of benzene rings is 3. The van der Waals surface area contributed by atoms with Gasteiger partial charge in [-0.05, 0) is 35.5 Å². The molecule has 4 heteroatoms. The standard InChI is InChI=1S/C18H13FN.C11H8N.Ir/c1-13-11-18(15-7-9-16(19)10-8-15)20-12-17(13)14-5-3-2-4-6-14;1-2-6-10(7-3-1)11-8-4-5-9-12-11;/h2-7,9-12H,1H3;1-6,8-9H;/q2*-1;. The molecule has 2 aromatic heterocycles. The molecule has 0 unspecified atom stereocenters. The van der Waals surface area contributed by atoms with Crippen LogP contribution in [0.3, 0.4) is 0 Å². The molecule has 33 heavy (non-hydrogen) atoms. The van der Waals surface area contributed by atoms with Crippen LogP contribution in [0.4, 0.5) is 4.39 Å². The smallest absolute Gasteiger partial charge is 0.0379 e. The van der Waals surface area contributed by atoms with Crippen LogP contribution < -0.4 is 0 Å². The molecule has 0 atom stereocenters. The first-order valence-electron chi connectivity index (χ1n) is 10.3. The molecule has 5 aromatic rings. The Hall–Kier alpha value is -3.46. The van der Waals surface area contributed by atoms with Gasteiger partial charge in [-0.3, -0.25) is 4.39 Å². The fourth-order valence-corrected chi connectivity index (χ4v) is 3.26. The van der Waals surface area contributed by atoms with E-state index in [1.54, 1.807) is 12.3 Å². The number of aryl methyl sites for hydroxylation is 1. The van der Waals surface area contributed by atoms with Gasteiger partial charge in [0.15, 0.2) is 0 Å². The molecule has 0 saturated heterocycles. The molecule has 0 aliphatic rings. The van der Waals surface area contributed by atoms with Crippen molar-refractivity contribution < 1.29 is 24.5 Å². The topological polar surface area (TPSA) is 25.8 Å². The maximum atomic E-state index is 12.9. The maximum absolute atomic E-state index is 12.9. The normalized spacial score (nSPS) is 9.88. The summed E-state index contributed by atoms with van der Waals surface area (Å²) < 4.78 is 12.9. The first kappa shape index (κ1) is 24.2. The number of nitrogens with zero attached hydrogens (tertiary/aromatic N) is 2. The van der Waals surface area contributed by atoms with E-state index in [9.17, 15) is 4.39 Å². The minimum absolute atomic E-state index is 0. The van der Waals surface area contributed by atoms with Crippen molar-refractivity contribution in [1.82, 2.24) is 9.97 Å². The van der Waals surface area contributed by atoms with Crippen molar-refractivity contribution >= 4 is 0 Å². The molecule has 3 aromatic carbocycles. The van der Waals surface area contributed by atoms with Crippen molar-refractivity contribution in [2.24, 2.45) is 0 Å². The monoisotopic (exact) mass is 609 g/mol. The molecule has 0 amide bonds. The van der Waals surface area contributed by atoms with Crippen LogP contribution in [0.15, 0.2) is 109 Å². The average molecular weight is 609 g/mol. The SMILES string of the molecule is Cc1cc(-c2[c-]cc(F)cc2)ncc1-c1ccccc1.[Ir].[c-]1ccccc1-c1ccccn1. The largest absolute Gasteiger partial charge is 0.305 e. The van der Waals surface area contributed by atoms with Gasteiger partial charge in [-0.15, -0.1) is 65.7 Å². The summed E-state index contributed by atoms with van der Waals surface area (Å²) in [6, 6.07) is 36.3. The molecular formula is C29H21FIrN2-2. The second-order valence-corrected chi connectivity index (χ2v) is 7.16. The van der Waals surface area contributed by atoms with Gasteiger partial charge in [0.05, 0.1) is 0 Å². The van der Waals surface area contributed by atoms with Crippen molar-refractivity contribution in [3.63, 3.8) is 0 Å². The van der Waals surface area contributed by atoms with Crippen LogP contribution in [0, 0.1) is 24.9 Å². The molecule has 165 valence electrons. The summed E-state index contributed by atoms with van der Waals surface area (Å²) in [5.41, 5.74) is 7.01. The number of pyridine rings is 2. The van der Waals surface area contributed by atoms with Crippen LogP contribution in [-0.2, 0) is 20.1 Å². The fourth-order valence-electron chi connectivity index (χ4n) is 3.26. The van der Waals surface area contributed by atoms with Gasteiger partial charge in [-0.1, -0.05) is 48.5 Å². The zero-order chi connectivity index (χ0) is 22.2. The fraction of sp³-hybridized carbons (Fsp3) is 0.0345. The van der Waals surface area contributed by atoms with Gasteiger partial charge >= 0.3 is 0 Å². The molecule has 1 radical (unpaired) electrons. The quantitative estimate of drug-likeness (QED) is 0.202. The van der Waals surface area contributed by atoms with E-state index >= 15 is 0 Å². The maximum Gasteiger partial charge on any atom is 0.0379 e. The average Bonchev–Trinajstić information content (AvgIpc) is 2.86. The molecule has 0 N–H and O–H groups in total. The van der Waals surface area contributed by atoms with Gasteiger partial charge in [0.2, 0.25) is 0 Å². The molecule has 0 spiro atoms. The third-order valence-corrected chi connectivity index (χ3v) is 4.90.